The van der Waals surface area contributed by atoms with Gasteiger partial charge in [0.05, 0.1) is 18.7 Å². The average Bonchev–Trinajstić information content (AvgIpc) is 2.81. The first-order chi connectivity index (χ1) is 9.60. The van der Waals surface area contributed by atoms with Crippen LogP contribution in [0.5, 0.6) is 0 Å². The number of hydrogen-bond donors (Lipinski definition) is 1. The first-order valence-electron chi connectivity index (χ1n) is 7.04. The van der Waals surface area contributed by atoms with Gasteiger partial charge in [0.15, 0.2) is 5.13 Å². The maximum Gasteiger partial charge on any atom is 0.303 e. The summed E-state index contributed by atoms with van der Waals surface area (Å²) in [5, 5.41) is 9.84. The number of aromatic nitrogens is 1. The highest BCUT2D eigenvalue weighted by Crippen LogP contribution is 2.30. The van der Waals surface area contributed by atoms with Crippen LogP contribution in [0.15, 0.2) is 0 Å². The van der Waals surface area contributed by atoms with Crippen LogP contribution in [0.1, 0.15) is 36.8 Å². The van der Waals surface area contributed by atoms with Crippen LogP contribution in [0.25, 0.3) is 0 Å². The molecule has 2 rings (SSSR count). The van der Waals surface area contributed by atoms with E-state index in [-0.39, 0.29) is 6.42 Å². The quantitative estimate of drug-likeness (QED) is 0.874. The van der Waals surface area contributed by atoms with Gasteiger partial charge >= 0.3 is 5.97 Å². The van der Waals surface area contributed by atoms with Crippen molar-refractivity contribution in [3.63, 3.8) is 0 Å². The van der Waals surface area contributed by atoms with Crippen molar-refractivity contribution in [2.75, 3.05) is 25.1 Å². The molecule has 1 N–H and O–H groups in total. The molecule has 0 spiro atoms. The Morgan fingerprint density at radius 2 is 2.20 bits per heavy atom. The number of aliphatic carboxylic acids is 1. The molecule has 0 amide bonds. The minimum Gasteiger partial charge on any atom is -0.481 e. The first-order valence-corrected chi connectivity index (χ1v) is 7.86. The van der Waals surface area contributed by atoms with E-state index < -0.39 is 5.97 Å². The van der Waals surface area contributed by atoms with E-state index in [1.807, 2.05) is 0 Å². The molecule has 1 fully saturated rings. The average molecular weight is 298 g/mol. The monoisotopic (exact) mass is 298 g/mol. The highest BCUT2D eigenvalue weighted by molar-refractivity contribution is 7.15. The van der Waals surface area contributed by atoms with Gasteiger partial charge in [0, 0.05) is 25.1 Å². The molecule has 0 radical (unpaired) electrons. The molecule has 2 heterocycles. The number of thiazole rings is 1. The Hall–Kier alpha value is -1.14. The second kappa shape index (κ2) is 7.04. The van der Waals surface area contributed by atoms with Crippen LogP contribution >= 0.6 is 11.3 Å². The van der Waals surface area contributed by atoms with Crippen LogP contribution in [0.4, 0.5) is 5.13 Å². The number of hydrogen-bond acceptors (Lipinski definition) is 5. The van der Waals surface area contributed by atoms with Crippen LogP contribution in [-0.4, -0.2) is 36.3 Å². The normalized spacial score (nSPS) is 16.6. The number of carboxylic acids is 1. The van der Waals surface area contributed by atoms with Crippen LogP contribution in [-0.2, 0) is 22.6 Å². The fraction of sp³-hybridized carbons (Fsp3) is 0.714. The van der Waals surface area contributed by atoms with E-state index in [2.05, 4.69) is 16.8 Å². The van der Waals surface area contributed by atoms with Gasteiger partial charge in [-0.05, 0) is 25.2 Å². The van der Waals surface area contributed by atoms with Gasteiger partial charge < -0.3 is 14.7 Å². The highest BCUT2D eigenvalue weighted by atomic mass is 32.1. The molecular formula is C14H22N2O3S. The predicted molar refractivity (Wildman–Crippen MR) is 79.4 cm³/mol. The Bertz CT molecular complexity index is 453. The molecule has 0 atom stereocenters. The van der Waals surface area contributed by atoms with Gasteiger partial charge in [-0.3, -0.25) is 4.79 Å². The van der Waals surface area contributed by atoms with E-state index in [1.54, 1.807) is 18.4 Å². The summed E-state index contributed by atoms with van der Waals surface area (Å²) in [6.45, 7) is 4.82. The van der Waals surface area contributed by atoms with E-state index in [9.17, 15) is 4.79 Å². The standard InChI is InChI=1S/C14H22N2O3S/c1-10-5-7-16(8-6-10)14-15-11(9-19-2)12(20-14)3-4-13(17)18/h10H,3-9H2,1-2H3,(H,17,18). The van der Waals surface area contributed by atoms with E-state index >= 15 is 0 Å². The van der Waals surface area contributed by atoms with Crippen LogP contribution < -0.4 is 4.90 Å². The minimum absolute atomic E-state index is 0.148. The molecule has 0 aliphatic carbocycles. The van der Waals surface area contributed by atoms with Gasteiger partial charge in [0.2, 0.25) is 0 Å². The smallest absolute Gasteiger partial charge is 0.303 e. The fourth-order valence-electron chi connectivity index (χ4n) is 2.37. The molecule has 1 aliphatic rings. The van der Waals surface area contributed by atoms with E-state index in [1.165, 1.54) is 12.8 Å². The maximum atomic E-state index is 10.7. The molecule has 20 heavy (non-hydrogen) atoms. The van der Waals surface area contributed by atoms with Gasteiger partial charge in [-0.25, -0.2) is 4.98 Å². The lowest BCUT2D eigenvalue weighted by Gasteiger charge is -2.29. The van der Waals surface area contributed by atoms with Crippen molar-refractivity contribution >= 4 is 22.4 Å². The summed E-state index contributed by atoms with van der Waals surface area (Å²) in [6.07, 6.45) is 3.08. The second-order valence-corrected chi connectivity index (χ2v) is 6.42. The molecule has 1 saturated heterocycles. The van der Waals surface area contributed by atoms with Crippen molar-refractivity contribution in [1.82, 2.24) is 4.98 Å². The topological polar surface area (TPSA) is 62.7 Å². The van der Waals surface area contributed by atoms with Crippen molar-refractivity contribution in [2.45, 2.75) is 39.2 Å². The fourth-order valence-corrected chi connectivity index (χ4v) is 3.48. The molecule has 1 aromatic rings. The van der Waals surface area contributed by atoms with Crippen molar-refractivity contribution in [2.24, 2.45) is 5.92 Å². The number of piperidine rings is 1. The van der Waals surface area contributed by atoms with E-state index in [0.717, 1.165) is 34.7 Å². The summed E-state index contributed by atoms with van der Waals surface area (Å²) in [7, 11) is 1.64. The predicted octanol–water partition coefficient (Wildman–Crippen LogP) is 2.54. The minimum atomic E-state index is -0.768. The molecule has 6 heteroatoms. The summed E-state index contributed by atoms with van der Waals surface area (Å²) >= 11 is 1.62. The second-order valence-electron chi connectivity index (χ2n) is 5.36. The number of methoxy groups -OCH3 is 1. The maximum absolute atomic E-state index is 10.7. The lowest BCUT2D eigenvalue weighted by Crippen LogP contribution is -2.32. The third-order valence-electron chi connectivity index (χ3n) is 3.67. The molecule has 0 unspecified atom stereocenters. The summed E-state index contributed by atoms with van der Waals surface area (Å²) in [4.78, 5) is 18.7. The first kappa shape index (κ1) is 15.3. The summed E-state index contributed by atoms with van der Waals surface area (Å²) in [5.74, 6) is 0.0197. The van der Waals surface area contributed by atoms with Crippen LogP contribution in [0.2, 0.25) is 0 Å². The van der Waals surface area contributed by atoms with Gasteiger partial charge in [-0.2, -0.15) is 0 Å². The number of ether oxygens (including phenoxy) is 1. The summed E-state index contributed by atoms with van der Waals surface area (Å²) < 4.78 is 5.17. The zero-order chi connectivity index (χ0) is 14.5. The number of nitrogens with zero attached hydrogens (tertiary/aromatic N) is 2. The molecule has 0 saturated carbocycles. The van der Waals surface area contributed by atoms with E-state index in [4.69, 9.17) is 9.84 Å². The Kier molecular flexibility index (Phi) is 5.37. The number of carboxylic acid groups (broad SMARTS) is 1. The van der Waals surface area contributed by atoms with Gasteiger partial charge in [0.25, 0.3) is 0 Å². The molecule has 112 valence electrons. The molecule has 0 bridgehead atoms. The molecule has 0 aromatic carbocycles. The van der Waals surface area contributed by atoms with E-state index in [0.29, 0.717) is 13.0 Å². The SMILES string of the molecule is COCc1nc(N2CCC(C)CC2)sc1CCC(=O)O. The van der Waals surface area contributed by atoms with Gasteiger partial charge in [-0.1, -0.05) is 6.92 Å². The summed E-state index contributed by atoms with van der Waals surface area (Å²) in [5.41, 5.74) is 0.896. The number of carbonyl (C=O) groups is 1. The molecule has 5 nitrogen and oxygen atoms in total. The highest BCUT2D eigenvalue weighted by Gasteiger charge is 2.21. The summed E-state index contributed by atoms with van der Waals surface area (Å²) in [6, 6.07) is 0. The number of aryl methyl sites for hydroxylation is 1. The molecule has 1 aromatic heterocycles. The Balaban J connectivity index is 2.09. The zero-order valence-electron chi connectivity index (χ0n) is 12.1. The van der Waals surface area contributed by atoms with Crippen molar-refractivity contribution in [3.05, 3.63) is 10.6 Å². The van der Waals surface area contributed by atoms with Crippen molar-refractivity contribution in [3.8, 4) is 0 Å². The third kappa shape index (κ3) is 3.93. The molecule has 1 aliphatic heterocycles. The number of anilines is 1. The Labute approximate surface area is 123 Å². The molecular weight excluding hydrogens is 276 g/mol. The van der Waals surface area contributed by atoms with Crippen LogP contribution in [0.3, 0.4) is 0 Å². The Morgan fingerprint density at radius 1 is 1.50 bits per heavy atom. The lowest BCUT2D eigenvalue weighted by atomic mass is 10.00. The zero-order valence-corrected chi connectivity index (χ0v) is 12.9. The van der Waals surface area contributed by atoms with Crippen molar-refractivity contribution in [1.29, 1.82) is 0 Å². The largest absolute Gasteiger partial charge is 0.481 e. The third-order valence-corrected chi connectivity index (χ3v) is 4.89. The Morgan fingerprint density at radius 3 is 2.80 bits per heavy atom. The van der Waals surface area contributed by atoms with Crippen LogP contribution in [0, 0.1) is 5.92 Å². The van der Waals surface area contributed by atoms with Gasteiger partial charge in [-0.15, -0.1) is 11.3 Å². The van der Waals surface area contributed by atoms with Gasteiger partial charge in [0.1, 0.15) is 0 Å². The number of rotatable bonds is 6. The van der Waals surface area contributed by atoms with Crippen molar-refractivity contribution < 1.29 is 14.6 Å². The lowest BCUT2D eigenvalue weighted by molar-refractivity contribution is -0.136.